The van der Waals surface area contributed by atoms with Gasteiger partial charge in [-0.15, -0.1) is 0 Å². The highest BCUT2D eigenvalue weighted by molar-refractivity contribution is 5.94. The average Bonchev–Trinajstić information content (AvgIpc) is 2.82. The summed E-state index contributed by atoms with van der Waals surface area (Å²) in [5, 5.41) is 0.198. The lowest BCUT2D eigenvalue weighted by Crippen LogP contribution is -2.33. The maximum absolute atomic E-state index is 13.1. The van der Waals surface area contributed by atoms with Crippen LogP contribution in [0.1, 0.15) is 24.2 Å². The van der Waals surface area contributed by atoms with E-state index in [1.165, 1.54) is 15.0 Å². The molecule has 9 nitrogen and oxygen atoms in total. The molecule has 1 atom stereocenters. The number of aryl methyl sites for hydroxylation is 1. The first-order valence-corrected chi connectivity index (χ1v) is 10.4. The third-order valence-corrected chi connectivity index (χ3v) is 5.03. The van der Waals surface area contributed by atoms with E-state index >= 15 is 0 Å². The molecule has 0 aliphatic rings. The molecule has 0 saturated heterocycles. The summed E-state index contributed by atoms with van der Waals surface area (Å²) < 4.78 is 13.6. The topological polar surface area (TPSA) is 104 Å². The van der Waals surface area contributed by atoms with Crippen molar-refractivity contribution < 1.29 is 19.1 Å². The number of fused-ring (bicyclic) bond motifs is 2. The van der Waals surface area contributed by atoms with Crippen LogP contribution in [0.15, 0.2) is 70.6 Å². The molecule has 1 aromatic carbocycles. The normalized spacial score (nSPS) is 12.6. The van der Waals surface area contributed by atoms with Crippen molar-refractivity contribution in [2.75, 3.05) is 6.61 Å². The smallest absolute Gasteiger partial charge is 0.341 e. The largest absolute Gasteiger partial charge is 0.481 e. The number of ether oxygens (including phenoxy) is 2. The van der Waals surface area contributed by atoms with E-state index < -0.39 is 18.0 Å². The summed E-state index contributed by atoms with van der Waals surface area (Å²) in [4.78, 5) is 47.3. The van der Waals surface area contributed by atoms with Crippen molar-refractivity contribution in [2.24, 2.45) is 12.0 Å². The van der Waals surface area contributed by atoms with E-state index in [9.17, 15) is 14.4 Å². The Kier molecular flexibility index (Phi) is 6.03. The SMILES string of the molecule is CCOC(=O)c1cc2c(=O)n3ccccc3nc2n(C)c1=NC(=O)[C@@H](C)Oc1ccccc1. The summed E-state index contributed by atoms with van der Waals surface area (Å²) in [5.41, 5.74) is 0.369. The van der Waals surface area contributed by atoms with Gasteiger partial charge in [0, 0.05) is 13.2 Å². The summed E-state index contributed by atoms with van der Waals surface area (Å²) in [6.45, 7) is 3.36. The van der Waals surface area contributed by atoms with Crippen LogP contribution >= 0.6 is 0 Å². The van der Waals surface area contributed by atoms with Gasteiger partial charge < -0.3 is 14.0 Å². The predicted octanol–water partition coefficient (Wildman–Crippen LogP) is 2.26. The zero-order valence-corrected chi connectivity index (χ0v) is 18.4. The Bertz CT molecular complexity index is 1490. The maximum Gasteiger partial charge on any atom is 0.341 e. The molecular formula is C24H22N4O5. The highest BCUT2D eigenvalue weighted by Crippen LogP contribution is 2.13. The van der Waals surface area contributed by atoms with E-state index in [-0.39, 0.29) is 34.3 Å². The minimum atomic E-state index is -0.909. The molecule has 0 fully saturated rings. The third kappa shape index (κ3) is 4.25. The van der Waals surface area contributed by atoms with Gasteiger partial charge in [0.15, 0.2) is 11.6 Å². The van der Waals surface area contributed by atoms with Crippen LogP contribution in [-0.2, 0) is 16.6 Å². The number of aromatic nitrogens is 3. The van der Waals surface area contributed by atoms with Crippen LogP contribution in [0.25, 0.3) is 16.7 Å². The summed E-state index contributed by atoms with van der Waals surface area (Å²) in [6.07, 6.45) is 0.687. The number of amides is 1. The Labute approximate surface area is 188 Å². The Hall–Kier alpha value is -4.27. The molecule has 3 heterocycles. The number of pyridine rings is 2. The third-order valence-electron chi connectivity index (χ3n) is 5.03. The number of carbonyl (C=O) groups excluding carboxylic acids is 2. The van der Waals surface area contributed by atoms with Gasteiger partial charge in [-0.25, -0.2) is 9.78 Å². The lowest BCUT2D eigenvalue weighted by Gasteiger charge is -2.13. The van der Waals surface area contributed by atoms with Gasteiger partial charge in [-0.3, -0.25) is 14.0 Å². The second-order valence-electron chi connectivity index (χ2n) is 7.27. The molecule has 1 amide bonds. The Balaban J connectivity index is 1.91. The van der Waals surface area contributed by atoms with Crippen LogP contribution in [0.4, 0.5) is 0 Å². The lowest BCUT2D eigenvalue weighted by atomic mass is 10.2. The molecule has 0 bridgehead atoms. The Morgan fingerprint density at radius 2 is 1.85 bits per heavy atom. The minimum Gasteiger partial charge on any atom is -0.481 e. The molecule has 4 rings (SSSR count). The van der Waals surface area contributed by atoms with Crippen LogP contribution in [0.3, 0.4) is 0 Å². The second-order valence-corrected chi connectivity index (χ2v) is 7.27. The van der Waals surface area contributed by atoms with E-state index in [4.69, 9.17) is 9.47 Å². The number of para-hydroxylation sites is 1. The number of hydrogen-bond acceptors (Lipinski definition) is 6. The van der Waals surface area contributed by atoms with E-state index in [0.717, 1.165) is 0 Å². The fourth-order valence-corrected chi connectivity index (χ4v) is 3.41. The fraction of sp³-hybridized carbons (Fsp3) is 0.208. The highest BCUT2D eigenvalue weighted by atomic mass is 16.5. The number of nitrogens with zero attached hydrogens (tertiary/aromatic N) is 4. The van der Waals surface area contributed by atoms with Gasteiger partial charge in [0.25, 0.3) is 11.5 Å². The number of rotatable bonds is 5. The maximum atomic E-state index is 13.1. The molecule has 3 aromatic heterocycles. The quantitative estimate of drug-likeness (QED) is 0.344. The average molecular weight is 446 g/mol. The second kappa shape index (κ2) is 9.07. The lowest BCUT2D eigenvalue weighted by molar-refractivity contribution is -0.124. The summed E-state index contributed by atoms with van der Waals surface area (Å²) in [5.74, 6) is -0.782. The molecule has 0 aliphatic carbocycles. The number of hydrogen-bond donors (Lipinski definition) is 0. The molecule has 0 saturated carbocycles. The van der Waals surface area contributed by atoms with Gasteiger partial charge >= 0.3 is 5.97 Å². The highest BCUT2D eigenvalue weighted by Gasteiger charge is 2.20. The minimum absolute atomic E-state index is 0.0121. The van der Waals surface area contributed by atoms with Gasteiger partial charge in [0.05, 0.1) is 12.0 Å². The first-order valence-electron chi connectivity index (χ1n) is 10.4. The van der Waals surface area contributed by atoms with Crippen LogP contribution < -0.4 is 15.8 Å². The van der Waals surface area contributed by atoms with Crippen molar-refractivity contribution in [1.29, 1.82) is 0 Å². The molecule has 0 unspecified atom stereocenters. The summed E-state index contributed by atoms with van der Waals surface area (Å²) in [6, 6.07) is 15.4. The zero-order valence-electron chi connectivity index (χ0n) is 18.4. The van der Waals surface area contributed by atoms with Gasteiger partial charge in [-0.05, 0) is 44.2 Å². The Morgan fingerprint density at radius 3 is 2.58 bits per heavy atom. The van der Waals surface area contributed by atoms with Crippen LogP contribution in [-0.4, -0.2) is 38.5 Å². The van der Waals surface area contributed by atoms with E-state index in [0.29, 0.717) is 11.4 Å². The van der Waals surface area contributed by atoms with Crippen molar-refractivity contribution in [3.05, 3.63) is 82.2 Å². The predicted molar refractivity (Wildman–Crippen MR) is 121 cm³/mol. The molecule has 168 valence electrons. The van der Waals surface area contributed by atoms with Gasteiger partial charge in [-0.1, -0.05) is 24.3 Å². The Morgan fingerprint density at radius 1 is 1.12 bits per heavy atom. The fourth-order valence-electron chi connectivity index (χ4n) is 3.41. The van der Waals surface area contributed by atoms with Crippen molar-refractivity contribution in [3.8, 4) is 5.75 Å². The standard InChI is InChI=1S/C24H22N4O5/c1-4-32-24(31)18-14-17-20(25-19-12-8-9-13-28(19)23(17)30)27(3)21(18)26-22(29)15(2)33-16-10-6-5-7-11-16/h5-15H,4H2,1-3H3/t15-/m1/s1. The first-order chi connectivity index (χ1) is 15.9. The molecule has 0 spiro atoms. The number of esters is 1. The van der Waals surface area contributed by atoms with Gasteiger partial charge in [0.1, 0.15) is 22.6 Å². The van der Waals surface area contributed by atoms with Crippen molar-refractivity contribution in [1.82, 2.24) is 14.0 Å². The molecule has 4 aromatic rings. The van der Waals surface area contributed by atoms with Crippen LogP contribution in [0.5, 0.6) is 5.75 Å². The van der Waals surface area contributed by atoms with Crippen LogP contribution in [0, 0.1) is 0 Å². The van der Waals surface area contributed by atoms with Crippen molar-refractivity contribution in [2.45, 2.75) is 20.0 Å². The number of benzene rings is 1. The van der Waals surface area contributed by atoms with E-state index in [1.54, 1.807) is 69.6 Å². The van der Waals surface area contributed by atoms with E-state index in [1.807, 2.05) is 6.07 Å². The molecule has 0 radical (unpaired) electrons. The molecule has 33 heavy (non-hydrogen) atoms. The number of carbonyl (C=O) groups is 2. The first kappa shape index (κ1) is 21.9. The molecule has 0 N–H and O–H groups in total. The van der Waals surface area contributed by atoms with Gasteiger partial charge in [-0.2, -0.15) is 4.99 Å². The van der Waals surface area contributed by atoms with E-state index in [2.05, 4.69) is 9.98 Å². The van der Waals surface area contributed by atoms with Crippen molar-refractivity contribution >= 4 is 28.6 Å². The zero-order chi connectivity index (χ0) is 23.5. The van der Waals surface area contributed by atoms with Gasteiger partial charge in [0.2, 0.25) is 0 Å². The monoisotopic (exact) mass is 446 g/mol. The summed E-state index contributed by atoms with van der Waals surface area (Å²) >= 11 is 0. The molecule has 9 heteroatoms. The summed E-state index contributed by atoms with van der Waals surface area (Å²) in [7, 11) is 1.59. The van der Waals surface area contributed by atoms with Crippen molar-refractivity contribution in [3.63, 3.8) is 0 Å². The molecule has 0 aliphatic heterocycles. The van der Waals surface area contributed by atoms with Crippen LogP contribution in [0.2, 0.25) is 0 Å². The molecular weight excluding hydrogens is 424 g/mol.